The molecule has 0 bridgehead atoms. The van der Waals surface area contributed by atoms with E-state index in [1.807, 2.05) is 13.8 Å². The first-order valence-corrected chi connectivity index (χ1v) is 2.82. The molecule has 0 aromatic carbocycles. The molecule has 0 saturated carbocycles. The number of nitrogens with zero attached hydrogens (tertiary/aromatic N) is 2. The molecule has 0 heterocycles. The monoisotopic (exact) mass is 112 g/mol. The second-order valence-corrected chi connectivity index (χ2v) is 1.56. The quantitative estimate of drug-likeness (QED) is 0.385. The minimum atomic E-state index is 0.983. The molecule has 0 fully saturated rings. The molecule has 0 atom stereocenters. The Morgan fingerprint density at radius 3 is 2.62 bits per heavy atom. The molecule has 0 aromatic rings. The second kappa shape index (κ2) is 4.50. The predicted molar refractivity (Wildman–Crippen MR) is 37.6 cm³/mol. The van der Waals surface area contributed by atoms with Gasteiger partial charge >= 0.3 is 0 Å². The molecule has 0 aliphatic rings. The van der Waals surface area contributed by atoms with Crippen molar-refractivity contribution >= 4 is 11.9 Å². The van der Waals surface area contributed by atoms with Crippen LogP contribution in [0.5, 0.6) is 0 Å². The SMILES string of the molecule is C/C=N\N=C(/C)CC. The maximum absolute atomic E-state index is 3.85. The van der Waals surface area contributed by atoms with Crippen LogP contribution in [0.1, 0.15) is 27.2 Å². The van der Waals surface area contributed by atoms with Gasteiger partial charge < -0.3 is 0 Å². The number of rotatable bonds is 2. The molecule has 0 amide bonds. The Labute approximate surface area is 50.3 Å². The highest BCUT2D eigenvalue weighted by molar-refractivity contribution is 5.81. The molecule has 0 saturated heterocycles. The zero-order chi connectivity index (χ0) is 6.41. The molecule has 0 radical (unpaired) electrons. The van der Waals surface area contributed by atoms with E-state index in [-0.39, 0.29) is 0 Å². The lowest BCUT2D eigenvalue weighted by atomic mass is 10.3. The molecule has 46 valence electrons. The summed E-state index contributed by atoms with van der Waals surface area (Å²) >= 11 is 0. The van der Waals surface area contributed by atoms with Crippen LogP contribution in [0.2, 0.25) is 0 Å². The van der Waals surface area contributed by atoms with Gasteiger partial charge in [-0.15, -0.1) is 0 Å². The summed E-state index contributed by atoms with van der Waals surface area (Å²) in [5.74, 6) is 0. The van der Waals surface area contributed by atoms with Crippen molar-refractivity contribution < 1.29 is 0 Å². The maximum Gasteiger partial charge on any atom is 0.0372 e. The Morgan fingerprint density at radius 1 is 1.62 bits per heavy atom. The van der Waals surface area contributed by atoms with E-state index in [4.69, 9.17) is 0 Å². The third-order valence-electron chi connectivity index (χ3n) is 0.856. The summed E-state index contributed by atoms with van der Waals surface area (Å²) in [5.41, 5.74) is 1.07. The van der Waals surface area contributed by atoms with Crippen LogP contribution in [0.25, 0.3) is 0 Å². The van der Waals surface area contributed by atoms with Crippen LogP contribution < -0.4 is 0 Å². The normalized spacial score (nSPS) is 13.1. The van der Waals surface area contributed by atoms with Gasteiger partial charge in [-0.05, 0) is 20.3 Å². The largest absolute Gasteiger partial charge is 0.164 e. The first-order valence-electron chi connectivity index (χ1n) is 2.82. The summed E-state index contributed by atoms with van der Waals surface area (Å²) < 4.78 is 0. The van der Waals surface area contributed by atoms with Gasteiger partial charge in [0.15, 0.2) is 0 Å². The Morgan fingerprint density at radius 2 is 2.25 bits per heavy atom. The van der Waals surface area contributed by atoms with Crippen molar-refractivity contribution in [2.45, 2.75) is 27.2 Å². The Bertz CT molecular complexity index is 103. The van der Waals surface area contributed by atoms with Crippen LogP contribution in [0, 0.1) is 0 Å². The van der Waals surface area contributed by atoms with Crippen molar-refractivity contribution in [2.75, 3.05) is 0 Å². The average Bonchev–Trinajstić information content (AvgIpc) is 1.83. The molecule has 8 heavy (non-hydrogen) atoms. The fourth-order valence-electron chi connectivity index (χ4n) is 0.227. The highest BCUT2D eigenvalue weighted by Crippen LogP contribution is 1.82. The molecular formula is C6H12N2. The van der Waals surface area contributed by atoms with E-state index < -0.39 is 0 Å². The third kappa shape index (κ3) is 3.53. The summed E-state index contributed by atoms with van der Waals surface area (Å²) in [6.07, 6.45) is 2.66. The maximum atomic E-state index is 3.85. The number of hydrogen-bond acceptors (Lipinski definition) is 2. The Hall–Kier alpha value is -0.660. The Kier molecular flexibility index (Phi) is 4.13. The summed E-state index contributed by atoms with van der Waals surface area (Å²) in [7, 11) is 0. The molecule has 0 aromatic heterocycles. The zero-order valence-electron chi connectivity index (χ0n) is 5.68. The lowest BCUT2D eigenvalue weighted by Gasteiger charge is -1.84. The summed E-state index contributed by atoms with van der Waals surface area (Å²) in [6, 6.07) is 0. The van der Waals surface area contributed by atoms with Crippen LogP contribution in [0.4, 0.5) is 0 Å². The Balaban J connectivity index is 3.57. The standard InChI is InChI=1S/C6H12N2/c1-4-6(3)8-7-5-2/h5H,4H2,1-3H3/b7-5-,8-6+. The molecule has 0 aliphatic heterocycles. The van der Waals surface area contributed by atoms with Gasteiger partial charge in [-0.3, -0.25) is 0 Å². The molecule has 2 heteroatoms. The van der Waals surface area contributed by atoms with Gasteiger partial charge in [-0.1, -0.05) is 6.92 Å². The fourth-order valence-corrected chi connectivity index (χ4v) is 0.227. The average molecular weight is 112 g/mol. The van der Waals surface area contributed by atoms with Crippen LogP contribution in [-0.2, 0) is 0 Å². The molecule has 0 unspecified atom stereocenters. The topological polar surface area (TPSA) is 24.7 Å². The van der Waals surface area contributed by atoms with E-state index >= 15 is 0 Å². The smallest absolute Gasteiger partial charge is 0.0372 e. The first kappa shape index (κ1) is 7.34. The molecule has 2 nitrogen and oxygen atoms in total. The minimum Gasteiger partial charge on any atom is -0.164 e. The van der Waals surface area contributed by atoms with Gasteiger partial charge in [-0.25, -0.2) is 0 Å². The van der Waals surface area contributed by atoms with E-state index in [0.717, 1.165) is 12.1 Å². The summed E-state index contributed by atoms with van der Waals surface area (Å²) in [4.78, 5) is 0. The van der Waals surface area contributed by atoms with Crippen molar-refractivity contribution in [3.63, 3.8) is 0 Å². The predicted octanol–water partition coefficient (Wildman–Crippen LogP) is 1.86. The zero-order valence-corrected chi connectivity index (χ0v) is 5.68. The molecule has 0 rings (SSSR count). The van der Waals surface area contributed by atoms with Crippen LogP contribution >= 0.6 is 0 Å². The van der Waals surface area contributed by atoms with E-state index in [9.17, 15) is 0 Å². The minimum absolute atomic E-state index is 0.983. The van der Waals surface area contributed by atoms with E-state index in [0.29, 0.717) is 0 Å². The lowest BCUT2D eigenvalue weighted by Crippen LogP contribution is -1.83. The van der Waals surface area contributed by atoms with E-state index in [2.05, 4.69) is 17.1 Å². The van der Waals surface area contributed by atoms with Gasteiger partial charge in [0, 0.05) is 11.9 Å². The number of hydrogen-bond donors (Lipinski definition) is 0. The van der Waals surface area contributed by atoms with Gasteiger partial charge in [0.1, 0.15) is 0 Å². The van der Waals surface area contributed by atoms with Crippen LogP contribution in [0.15, 0.2) is 10.2 Å². The van der Waals surface area contributed by atoms with Gasteiger partial charge in [0.2, 0.25) is 0 Å². The van der Waals surface area contributed by atoms with Crippen molar-refractivity contribution in [1.82, 2.24) is 0 Å². The highest BCUT2D eigenvalue weighted by atomic mass is 15.2. The van der Waals surface area contributed by atoms with Crippen LogP contribution in [-0.4, -0.2) is 11.9 Å². The molecule has 0 aliphatic carbocycles. The summed E-state index contributed by atoms with van der Waals surface area (Å²) in [5, 5.41) is 7.55. The molecular weight excluding hydrogens is 100 g/mol. The van der Waals surface area contributed by atoms with Crippen molar-refractivity contribution in [1.29, 1.82) is 0 Å². The van der Waals surface area contributed by atoms with E-state index in [1.165, 1.54) is 0 Å². The third-order valence-corrected chi connectivity index (χ3v) is 0.856. The lowest BCUT2D eigenvalue weighted by molar-refractivity contribution is 1.17. The molecule has 0 N–H and O–H groups in total. The van der Waals surface area contributed by atoms with Gasteiger partial charge in [0.05, 0.1) is 0 Å². The van der Waals surface area contributed by atoms with Crippen molar-refractivity contribution in [3.05, 3.63) is 0 Å². The second-order valence-electron chi connectivity index (χ2n) is 1.56. The summed E-state index contributed by atoms with van der Waals surface area (Å²) in [6.45, 7) is 5.88. The van der Waals surface area contributed by atoms with Crippen molar-refractivity contribution in [2.24, 2.45) is 10.2 Å². The van der Waals surface area contributed by atoms with E-state index in [1.54, 1.807) is 6.21 Å². The van der Waals surface area contributed by atoms with Gasteiger partial charge in [0.25, 0.3) is 0 Å². The molecule has 0 spiro atoms. The van der Waals surface area contributed by atoms with Gasteiger partial charge in [-0.2, -0.15) is 10.2 Å². The van der Waals surface area contributed by atoms with Crippen LogP contribution in [0.3, 0.4) is 0 Å². The first-order chi connectivity index (χ1) is 3.81. The van der Waals surface area contributed by atoms with Crippen molar-refractivity contribution in [3.8, 4) is 0 Å². The fraction of sp³-hybridized carbons (Fsp3) is 0.667. The highest BCUT2D eigenvalue weighted by Gasteiger charge is 1.78.